The quantitative estimate of drug-likeness (QED) is 0.108. The first-order chi connectivity index (χ1) is 17.0. The normalized spacial score (nSPS) is 15.3. The zero-order valence-electron chi connectivity index (χ0n) is 24.0. The summed E-state index contributed by atoms with van der Waals surface area (Å²) in [6.07, 6.45) is 23.5. The van der Waals surface area contributed by atoms with Gasteiger partial charge in [0.15, 0.2) is 0 Å². The van der Waals surface area contributed by atoms with Crippen molar-refractivity contribution in [3.63, 3.8) is 0 Å². The number of ether oxygens (including phenoxy) is 3. The molecule has 0 rings (SSSR count). The lowest BCUT2D eigenvalue weighted by molar-refractivity contribution is -0.0844. The largest absolute Gasteiger partial charge is 0.394 e. The zero-order chi connectivity index (χ0) is 26.0. The van der Waals surface area contributed by atoms with Gasteiger partial charge >= 0.3 is 0 Å². The van der Waals surface area contributed by atoms with Crippen LogP contribution >= 0.6 is 0 Å². The van der Waals surface area contributed by atoms with Crippen LogP contribution in [0.4, 0.5) is 0 Å². The summed E-state index contributed by atoms with van der Waals surface area (Å²) in [7, 11) is 0. The van der Waals surface area contributed by atoms with Crippen molar-refractivity contribution in [1.29, 1.82) is 0 Å². The molecular weight excluding hydrogens is 440 g/mol. The van der Waals surface area contributed by atoms with E-state index >= 15 is 0 Å². The number of unbranched alkanes of at least 4 members (excludes halogenated alkanes) is 16. The smallest absolute Gasteiger partial charge is 0.0781 e. The predicted molar refractivity (Wildman–Crippen MR) is 148 cm³/mol. The molecule has 4 unspecified atom stereocenters. The molecule has 0 radical (unpaired) electrons. The Morgan fingerprint density at radius 3 is 1.23 bits per heavy atom. The van der Waals surface area contributed by atoms with E-state index in [0.717, 1.165) is 12.8 Å². The minimum atomic E-state index is -0.389. The molecule has 2 N–H and O–H groups in total. The van der Waals surface area contributed by atoms with Gasteiger partial charge in [0, 0.05) is 0 Å². The standard InChI is InChI=1S/C30H62O5/c1-5-6-7-8-9-10-11-12-13-14-15-16-17-18-19-20-21-22-30(32)26-35-29(4)25-34-28(3)24-33-27(2)23-31/h27-32H,5-26H2,1-4H3. The summed E-state index contributed by atoms with van der Waals surface area (Å²) < 4.78 is 16.9. The van der Waals surface area contributed by atoms with E-state index in [9.17, 15) is 5.11 Å². The molecule has 0 fully saturated rings. The molecule has 4 atom stereocenters. The van der Waals surface area contributed by atoms with Crippen LogP contribution in [0.25, 0.3) is 0 Å². The fraction of sp³-hybridized carbons (Fsp3) is 1.00. The van der Waals surface area contributed by atoms with E-state index in [4.69, 9.17) is 19.3 Å². The van der Waals surface area contributed by atoms with Gasteiger partial charge in [-0.15, -0.1) is 0 Å². The van der Waals surface area contributed by atoms with Crippen LogP contribution < -0.4 is 0 Å². The molecule has 0 spiro atoms. The average Bonchev–Trinajstić information content (AvgIpc) is 2.86. The van der Waals surface area contributed by atoms with Crippen molar-refractivity contribution in [3.8, 4) is 0 Å². The van der Waals surface area contributed by atoms with E-state index in [0.29, 0.717) is 19.8 Å². The van der Waals surface area contributed by atoms with Crippen molar-refractivity contribution >= 4 is 0 Å². The zero-order valence-corrected chi connectivity index (χ0v) is 24.0. The molecule has 35 heavy (non-hydrogen) atoms. The fourth-order valence-corrected chi connectivity index (χ4v) is 4.21. The van der Waals surface area contributed by atoms with E-state index in [1.807, 2.05) is 20.8 Å². The first kappa shape index (κ1) is 34.8. The molecule has 0 aliphatic carbocycles. The number of hydrogen-bond acceptors (Lipinski definition) is 5. The molecule has 0 saturated heterocycles. The van der Waals surface area contributed by atoms with E-state index in [-0.39, 0.29) is 31.0 Å². The lowest BCUT2D eigenvalue weighted by Crippen LogP contribution is -2.28. The third kappa shape index (κ3) is 26.7. The van der Waals surface area contributed by atoms with Crippen LogP contribution in [0.5, 0.6) is 0 Å². The van der Waals surface area contributed by atoms with E-state index in [2.05, 4.69) is 6.92 Å². The Balaban J connectivity index is 3.35. The van der Waals surface area contributed by atoms with Gasteiger partial charge in [-0.05, 0) is 27.2 Å². The summed E-state index contributed by atoms with van der Waals surface area (Å²) in [5.74, 6) is 0. The molecule has 0 saturated carbocycles. The Hall–Kier alpha value is -0.200. The van der Waals surface area contributed by atoms with Crippen molar-refractivity contribution in [1.82, 2.24) is 0 Å². The molecule has 5 heteroatoms. The number of aliphatic hydroxyl groups excluding tert-OH is 2. The van der Waals surface area contributed by atoms with Crippen LogP contribution in [0.1, 0.15) is 143 Å². The lowest BCUT2D eigenvalue weighted by Gasteiger charge is -2.20. The molecule has 0 amide bonds. The van der Waals surface area contributed by atoms with Gasteiger partial charge in [0.2, 0.25) is 0 Å². The van der Waals surface area contributed by atoms with Crippen molar-refractivity contribution in [2.24, 2.45) is 0 Å². The number of aliphatic hydroxyl groups is 2. The van der Waals surface area contributed by atoms with Gasteiger partial charge in [0.05, 0.1) is 50.8 Å². The van der Waals surface area contributed by atoms with Gasteiger partial charge < -0.3 is 24.4 Å². The third-order valence-electron chi connectivity index (χ3n) is 6.70. The summed E-state index contributed by atoms with van der Waals surface area (Å²) in [6.45, 7) is 9.35. The molecule has 0 heterocycles. The molecule has 0 aromatic heterocycles. The highest BCUT2D eigenvalue weighted by atomic mass is 16.6. The summed E-state index contributed by atoms with van der Waals surface area (Å²) in [5.41, 5.74) is 0. The van der Waals surface area contributed by atoms with Crippen molar-refractivity contribution in [2.45, 2.75) is 168 Å². The lowest BCUT2D eigenvalue weighted by atomic mass is 10.0. The fourth-order valence-electron chi connectivity index (χ4n) is 4.21. The Morgan fingerprint density at radius 1 is 0.486 bits per heavy atom. The summed E-state index contributed by atoms with van der Waals surface area (Å²) >= 11 is 0. The van der Waals surface area contributed by atoms with Gasteiger partial charge in [-0.3, -0.25) is 0 Å². The van der Waals surface area contributed by atoms with Gasteiger partial charge in [0.25, 0.3) is 0 Å². The molecule has 5 nitrogen and oxygen atoms in total. The Kier molecular flexibility index (Phi) is 26.7. The number of hydrogen-bond donors (Lipinski definition) is 2. The Labute approximate surface area is 218 Å². The second-order valence-corrected chi connectivity index (χ2v) is 10.7. The van der Waals surface area contributed by atoms with Gasteiger partial charge in [-0.1, -0.05) is 116 Å². The molecule has 0 bridgehead atoms. The van der Waals surface area contributed by atoms with Gasteiger partial charge in [-0.25, -0.2) is 0 Å². The topological polar surface area (TPSA) is 68.2 Å². The summed E-state index contributed by atoms with van der Waals surface area (Å²) in [5, 5.41) is 19.1. The third-order valence-corrected chi connectivity index (χ3v) is 6.70. The molecule has 0 aromatic rings. The first-order valence-electron chi connectivity index (χ1n) is 15.1. The van der Waals surface area contributed by atoms with Crippen LogP contribution in [0.15, 0.2) is 0 Å². The minimum Gasteiger partial charge on any atom is -0.394 e. The maximum absolute atomic E-state index is 10.2. The van der Waals surface area contributed by atoms with Crippen molar-refractivity contribution < 1.29 is 24.4 Å². The molecular formula is C30H62O5. The maximum Gasteiger partial charge on any atom is 0.0781 e. The summed E-state index contributed by atoms with van der Waals surface area (Å²) in [4.78, 5) is 0. The second kappa shape index (κ2) is 26.9. The van der Waals surface area contributed by atoms with Crippen LogP contribution in [0.2, 0.25) is 0 Å². The second-order valence-electron chi connectivity index (χ2n) is 10.7. The molecule has 0 aliphatic heterocycles. The summed E-state index contributed by atoms with van der Waals surface area (Å²) in [6, 6.07) is 0. The van der Waals surface area contributed by atoms with E-state index < -0.39 is 0 Å². The molecule has 212 valence electrons. The SMILES string of the molecule is CCCCCCCCCCCCCCCCCCCC(O)COC(C)COC(C)COC(C)CO. The number of rotatable bonds is 28. The van der Waals surface area contributed by atoms with Crippen LogP contribution in [0, 0.1) is 0 Å². The Morgan fingerprint density at radius 2 is 0.829 bits per heavy atom. The van der Waals surface area contributed by atoms with E-state index in [1.54, 1.807) is 0 Å². The van der Waals surface area contributed by atoms with Gasteiger partial charge in [0.1, 0.15) is 0 Å². The highest BCUT2D eigenvalue weighted by molar-refractivity contribution is 4.59. The van der Waals surface area contributed by atoms with Crippen molar-refractivity contribution in [2.75, 3.05) is 26.4 Å². The van der Waals surface area contributed by atoms with Crippen LogP contribution in [0.3, 0.4) is 0 Å². The van der Waals surface area contributed by atoms with Crippen molar-refractivity contribution in [3.05, 3.63) is 0 Å². The average molecular weight is 503 g/mol. The first-order valence-corrected chi connectivity index (χ1v) is 15.1. The Bertz CT molecular complexity index is 406. The van der Waals surface area contributed by atoms with Gasteiger partial charge in [-0.2, -0.15) is 0 Å². The molecule has 0 aliphatic rings. The molecule has 0 aromatic carbocycles. The van der Waals surface area contributed by atoms with E-state index in [1.165, 1.54) is 103 Å². The monoisotopic (exact) mass is 502 g/mol. The predicted octanol–water partition coefficient (Wildman–Crippen LogP) is 7.60. The minimum absolute atomic E-state index is 0.0174. The maximum atomic E-state index is 10.2. The van der Waals surface area contributed by atoms with Crippen LogP contribution in [-0.2, 0) is 14.2 Å². The highest BCUT2D eigenvalue weighted by Gasteiger charge is 2.11. The highest BCUT2D eigenvalue weighted by Crippen LogP contribution is 2.15. The van der Waals surface area contributed by atoms with Crippen LogP contribution in [-0.4, -0.2) is 61.1 Å².